The number of amides is 1. The van der Waals surface area contributed by atoms with Crippen molar-refractivity contribution in [3.05, 3.63) is 35.4 Å². The Morgan fingerprint density at radius 1 is 1.04 bits per heavy atom. The lowest BCUT2D eigenvalue weighted by molar-refractivity contribution is -0.142. The van der Waals surface area contributed by atoms with Crippen molar-refractivity contribution >= 4 is 11.9 Å². The Labute approximate surface area is 157 Å². The zero-order valence-electron chi connectivity index (χ0n) is 16.3. The van der Waals surface area contributed by atoms with Crippen LogP contribution in [0.1, 0.15) is 68.9 Å². The van der Waals surface area contributed by atoms with Crippen LogP contribution in [-0.4, -0.2) is 36.5 Å². The van der Waals surface area contributed by atoms with Crippen LogP contribution in [0.5, 0.6) is 0 Å². The molecule has 144 valence electrons. The molecule has 4 heteroatoms. The Balaban J connectivity index is 1.90. The van der Waals surface area contributed by atoms with Gasteiger partial charge in [-0.2, -0.15) is 0 Å². The lowest BCUT2D eigenvalue weighted by Gasteiger charge is -2.31. The summed E-state index contributed by atoms with van der Waals surface area (Å²) in [6.07, 6.45) is 9.58. The third-order valence-corrected chi connectivity index (χ3v) is 5.35. The number of nitrogens with zero attached hydrogens (tertiary/aromatic N) is 1. The van der Waals surface area contributed by atoms with Crippen molar-refractivity contribution in [2.75, 3.05) is 13.7 Å². The number of carbonyl (C=O) groups is 2. The second kappa shape index (κ2) is 11.0. The molecule has 1 amide bonds. The monoisotopic (exact) mass is 359 g/mol. The summed E-state index contributed by atoms with van der Waals surface area (Å²) in [4.78, 5) is 26.4. The Bertz CT molecular complexity index is 559. The summed E-state index contributed by atoms with van der Waals surface area (Å²) >= 11 is 0. The molecule has 4 nitrogen and oxygen atoms in total. The van der Waals surface area contributed by atoms with Gasteiger partial charge in [0.1, 0.15) is 0 Å². The summed E-state index contributed by atoms with van der Waals surface area (Å²) in [5.41, 5.74) is 2.53. The van der Waals surface area contributed by atoms with E-state index in [0.717, 1.165) is 25.7 Å². The van der Waals surface area contributed by atoms with Gasteiger partial charge in [0.25, 0.3) is 0 Å². The molecule has 0 saturated heterocycles. The number of benzene rings is 1. The van der Waals surface area contributed by atoms with Gasteiger partial charge in [0.15, 0.2) is 0 Å². The summed E-state index contributed by atoms with van der Waals surface area (Å²) in [6.45, 7) is 2.57. The minimum atomic E-state index is -0.240. The van der Waals surface area contributed by atoms with E-state index in [-0.39, 0.29) is 24.3 Å². The summed E-state index contributed by atoms with van der Waals surface area (Å²) in [5, 5.41) is 0. The van der Waals surface area contributed by atoms with Gasteiger partial charge < -0.3 is 9.64 Å². The predicted molar refractivity (Wildman–Crippen MR) is 104 cm³/mol. The van der Waals surface area contributed by atoms with E-state index >= 15 is 0 Å². The third-order valence-electron chi connectivity index (χ3n) is 5.35. The number of esters is 1. The number of ether oxygens (including phenoxy) is 1. The summed E-state index contributed by atoms with van der Waals surface area (Å²) < 4.78 is 4.76. The fourth-order valence-corrected chi connectivity index (χ4v) is 3.74. The van der Waals surface area contributed by atoms with Crippen LogP contribution in [0.4, 0.5) is 0 Å². The third kappa shape index (κ3) is 6.81. The van der Waals surface area contributed by atoms with Crippen molar-refractivity contribution in [3.63, 3.8) is 0 Å². The lowest BCUT2D eigenvalue weighted by atomic mass is 10.0. The molecule has 1 aromatic carbocycles. The van der Waals surface area contributed by atoms with Crippen molar-refractivity contribution in [2.24, 2.45) is 0 Å². The molecule has 1 aliphatic rings. The maximum atomic E-state index is 12.9. The average Bonchev–Trinajstić information content (AvgIpc) is 2.92. The van der Waals surface area contributed by atoms with E-state index in [1.165, 1.54) is 43.9 Å². The van der Waals surface area contributed by atoms with Crippen LogP contribution in [0.3, 0.4) is 0 Å². The van der Waals surface area contributed by atoms with Crippen LogP contribution in [0.25, 0.3) is 0 Å². The fraction of sp³-hybridized carbons (Fsp3) is 0.636. The van der Waals surface area contributed by atoms with E-state index in [9.17, 15) is 9.59 Å². The second-order valence-corrected chi connectivity index (χ2v) is 7.40. The maximum Gasteiger partial charge on any atom is 0.307 e. The first-order valence-corrected chi connectivity index (χ1v) is 10.0. The fourth-order valence-electron chi connectivity index (χ4n) is 3.74. The minimum absolute atomic E-state index is 0.188. The number of methoxy groups -OCH3 is 1. The average molecular weight is 360 g/mol. The Morgan fingerprint density at radius 2 is 1.69 bits per heavy atom. The Hall–Kier alpha value is -1.84. The number of hydrogen-bond donors (Lipinski definition) is 0. The first-order chi connectivity index (χ1) is 12.6. The molecular formula is C22H33NO3. The molecule has 2 rings (SSSR count). The molecule has 0 N–H and O–H groups in total. The quantitative estimate of drug-likeness (QED) is 0.509. The van der Waals surface area contributed by atoms with E-state index in [1.54, 1.807) is 0 Å². The van der Waals surface area contributed by atoms with E-state index in [0.29, 0.717) is 13.0 Å². The molecule has 0 spiro atoms. The molecule has 0 aliphatic heterocycles. The lowest BCUT2D eigenvalue weighted by Crippen LogP contribution is -2.41. The van der Waals surface area contributed by atoms with E-state index < -0.39 is 0 Å². The molecule has 26 heavy (non-hydrogen) atoms. The number of rotatable bonds is 8. The molecule has 0 unspecified atom stereocenters. The largest absolute Gasteiger partial charge is 0.469 e. The highest BCUT2D eigenvalue weighted by molar-refractivity contribution is 5.77. The zero-order valence-corrected chi connectivity index (χ0v) is 16.3. The van der Waals surface area contributed by atoms with Gasteiger partial charge in [-0.15, -0.1) is 0 Å². The van der Waals surface area contributed by atoms with Crippen molar-refractivity contribution < 1.29 is 14.3 Å². The van der Waals surface area contributed by atoms with Crippen molar-refractivity contribution in [1.29, 1.82) is 0 Å². The van der Waals surface area contributed by atoms with Crippen LogP contribution >= 0.6 is 0 Å². The highest BCUT2D eigenvalue weighted by atomic mass is 16.5. The molecule has 0 heterocycles. The minimum Gasteiger partial charge on any atom is -0.469 e. The van der Waals surface area contributed by atoms with Gasteiger partial charge >= 0.3 is 5.97 Å². The number of carbonyl (C=O) groups excluding carboxylic acids is 2. The molecule has 0 aromatic heterocycles. The van der Waals surface area contributed by atoms with Gasteiger partial charge in [-0.1, -0.05) is 55.5 Å². The smallest absolute Gasteiger partial charge is 0.307 e. The molecule has 1 aromatic rings. The van der Waals surface area contributed by atoms with Gasteiger partial charge in [0, 0.05) is 19.0 Å². The molecule has 0 bridgehead atoms. The van der Waals surface area contributed by atoms with Crippen molar-refractivity contribution in [2.45, 2.75) is 77.2 Å². The Morgan fingerprint density at radius 3 is 2.31 bits per heavy atom. The van der Waals surface area contributed by atoms with E-state index in [4.69, 9.17) is 4.74 Å². The zero-order chi connectivity index (χ0) is 18.8. The van der Waals surface area contributed by atoms with Crippen LogP contribution < -0.4 is 0 Å². The van der Waals surface area contributed by atoms with Crippen molar-refractivity contribution in [3.8, 4) is 0 Å². The summed E-state index contributed by atoms with van der Waals surface area (Å²) in [5.74, 6) is -0.0519. The normalized spacial score (nSPS) is 15.3. The molecule has 1 aliphatic carbocycles. The maximum absolute atomic E-state index is 12.9. The number of hydrogen-bond acceptors (Lipinski definition) is 3. The first kappa shape index (κ1) is 20.5. The molecular weight excluding hydrogens is 326 g/mol. The van der Waals surface area contributed by atoms with E-state index in [1.807, 2.05) is 4.90 Å². The van der Waals surface area contributed by atoms with Crippen LogP contribution in [0.15, 0.2) is 24.3 Å². The standard InChI is InChI=1S/C22H33NO3/c1-18-12-14-19(15-13-18)8-7-11-21(24)23(17-16-22(25)26-2)20-9-5-3-4-6-10-20/h12-15,20H,3-11,16-17H2,1-2H3. The van der Waals surface area contributed by atoms with E-state index in [2.05, 4.69) is 31.2 Å². The van der Waals surface area contributed by atoms with Crippen molar-refractivity contribution in [1.82, 2.24) is 4.90 Å². The molecule has 0 atom stereocenters. The van der Waals surface area contributed by atoms with Gasteiger partial charge in [-0.05, 0) is 38.2 Å². The predicted octanol–water partition coefficient (Wildman–Crippen LogP) is 4.43. The SMILES string of the molecule is COC(=O)CCN(C(=O)CCCc1ccc(C)cc1)C1CCCCCC1. The van der Waals surface area contributed by atoms with Gasteiger partial charge in [-0.3, -0.25) is 9.59 Å². The molecule has 0 radical (unpaired) electrons. The van der Waals surface area contributed by atoms with Crippen LogP contribution in [0.2, 0.25) is 0 Å². The molecule has 1 fully saturated rings. The highest BCUT2D eigenvalue weighted by Gasteiger charge is 2.24. The van der Waals surface area contributed by atoms with Gasteiger partial charge in [0.05, 0.1) is 13.5 Å². The van der Waals surface area contributed by atoms with Gasteiger partial charge in [-0.25, -0.2) is 0 Å². The summed E-state index contributed by atoms with van der Waals surface area (Å²) in [7, 11) is 1.40. The highest BCUT2D eigenvalue weighted by Crippen LogP contribution is 2.23. The van der Waals surface area contributed by atoms with Crippen LogP contribution in [-0.2, 0) is 20.7 Å². The van der Waals surface area contributed by atoms with Crippen LogP contribution in [0, 0.1) is 6.92 Å². The first-order valence-electron chi connectivity index (χ1n) is 10.0. The topological polar surface area (TPSA) is 46.6 Å². The Kier molecular flexibility index (Phi) is 8.66. The number of aryl methyl sites for hydroxylation is 2. The molecule has 1 saturated carbocycles. The van der Waals surface area contributed by atoms with Gasteiger partial charge in [0.2, 0.25) is 5.91 Å². The second-order valence-electron chi connectivity index (χ2n) is 7.40. The summed E-state index contributed by atoms with van der Waals surface area (Å²) in [6, 6.07) is 8.80.